The first-order chi connectivity index (χ1) is 13.1. The molecule has 0 radical (unpaired) electrons. The molecule has 138 valence electrons. The van der Waals surface area contributed by atoms with E-state index in [-0.39, 0.29) is 12.1 Å². The number of aromatic nitrogens is 3. The molecule has 0 aromatic carbocycles. The fraction of sp³-hybridized carbons (Fsp3) is 0.333. The number of aliphatic hydroxyl groups is 1. The van der Waals surface area contributed by atoms with Crippen LogP contribution in [0.25, 0.3) is 11.4 Å². The van der Waals surface area contributed by atoms with E-state index in [2.05, 4.69) is 31.3 Å². The van der Waals surface area contributed by atoms with Crippen LogP contribution in [0.3, 0.4) is 0 Å². The first-order valence-corrected chi connectivity index (χ1v) is 8.54. The van der Waals surface area contributed by atoms with Gasteiger partial charge < -0.3 is 20.7 Å². The number of hydrogen-bond acceptors (Lipinski definition) is 9. The molecule has 0 bridgehead atoms. The zero-order valence-electron chi connectivity index (χ0n) is 14.9. The number of nitrogens with zero attached hydrogens (tertiary/aromatic N) is 6. The third kappa shape index (κ3) is 4.31. The molecule has 3 N–H and O–H groups in total. The largest absolute Gasteiger partial charge is 0.391 e. The van der Waals surface area contributed by atoms with E-state index in [9.17, 15) is 10.4 Å². The number of aliphatic hydroxyl groups excluding tert-OH is 1. The molecular formula is C18H20N8O. The smallest absolute Gasteiger partial charge is 0.250 e. The molecule has 3 heterocycles. The summed E-state index contributed by atoms with van der Waals surface area (Å²) in [5.74, 6) is 0.230. The van der Waals surface area contributed by atoms with Gasteiger partial charge in [-0.05, 0) is 31.7 Å². The summed E-state index contributed by atoms with van der Waals surface area (Å²) in [6.45, 7) is 1.63. The molecule has 9 heteroatoms. The number of anilines is 1. The Morgan fingerprint density at radius 1 is 1.44 bits per heavy atom. The number of β-amino-alcohol motifs (C(OH)–C–C–N with tert-alkyl or cyclic N) is 1. The first kappa shape index (κ1) is 18.6. The van der Waals surface area contributed by atoms with Crippen LogP contribution < -0.4 is 10.2 Å². The molecule has 1 saturated heterocycles. The molecule has 3 rings (SSSR count). The molecule has 1 aliphatic heterocycles. The fourth-order valence-electron chi connectivity index (χ4n) is 2.87. The van der Waals surface area contributed by atoms with Crippen LogP contribution in [0.5, 0.6) is 0 Å². The van der Waals surface area contributed by atoms with E-state index >= 15 is 0 Å². The third-order valence-corrected chi connectivity index (χ3v) is 4.16. The highest BCUT2D eigenvalue weighted by Crippen LogP contribution is 2.26. The highest BCUT2D eigenvalue weighted by atomic mass is 16.3. The van der Waals surface area contributed by atoms with Gasteiger partial charge in [0.1, 0.15) is 6.07 Å². The summed E-state index contributed by atoms with van der Waals surface area (Å²) in [5.41, 5.74) is 2.59. The van der Waals surface area contributed by atoms with Crippen molar-refractivity contribution in [1.29, 1.82) is 10.7 Å². The monoisotopic (exact) mass is 364 g/mol. The van der Waals surface area contributed by atoms with E-state index in [1.807, 2.05) is 11.0 Å². The van der Waals surface area contributed by atoms with Crippen molar-refractivity contribution in [1.82, 2.24) is 20.3 Å². The number of nitrogens with one attached hydrogen (secondary N) is 2. The number of pyridine rings is 1. The number of aliphatic imine (C=N–C) groups is 1. The topological polar surface area (TPSA) is 134 Å². The maximum absolute atomic E-state index is 9.72. The van der Waals surface area contributed by atoms with Crippen LogP contribution in [0, 0.1) is 16.7 Å². The van der Waals surface area contributed by atoms with Crippen molar-refractivity contribution in [3.05, 3.63) is 30.1 Å². The SMILES string of the molecule is CNCC(C=N)=Nc1nccc(-c2ccc(N3CCC(O)C3)c(C#N)n2)n1. The lowest BCUT2D eigenvalue weighted by molar-refractivity contribution is 0.198. The summed E-state index contributed by atoms with van der Waals surface area (Å²) in [6, 6.07) is 7.45. The van der Waals surface area contributed by atoms with Gasteiger partial charge in [0.05, 0.1) is 28.9 Å². The van der Waals surface area contributed by atoms with Gasteiger partial charge in [0, 0.05) is 32.0 Å². The molecule has 27 heavy (non-hydrogen) atoms. The van der Waals surface area contributed by atoms with Crippen molar-refractivity contribution in [2.24, 2.45) is 4.99 Å². The highest BCUT2D eigenvalue weighted by Gasteiger charge is 2.23. The summed E-state index contributed by atoms with van der Waals surface area (Å²) >= 11 is 0. The molecule has 0 spiro atoms. The van der Waals surface area contributed by atoms with E-state index in [4.69, 9.17) is 5.41 Å². The Bertz CT molecular complexity index is 904. The van der Waals surface area contributed by atoms with Crippen molar-refractivity contribution in [3.8, 4) is 17.5 Å². The summed E-state index contributed by atoms with van der Waals surface area (Å²) < 4.78 is 0. The van der Waals surface area contributed by atoms with Gasteiger partial charge in [-0.3, -0.25) is 0 Å². The van der Waals surface area contributed by atoms with Gasteiger partial charge >= 0.3 is 0 Å². The molecule has 9 nitrogen and oxygen atoms in total. The quantitative estimate of drug-likeness (QED) is 0.649. The van der Waals surface area contributed by atoms with Gasteiger partial charge in [-0.1, -0.05) is 0 Å². The predicted molar refractivity (Wildman–Crippen MR) is 103 cm³/mol. The minimum atomic E-state index is -0.376. The molecular weight excluding hydrogens is 344 g/mol. The van der Waals surface area contributed by atoms with Crippen LogP contribution in [0.1, 0.15) is 12.1 Å². The van der Waals surface area contributed by atoms with Gasteiger partial charge in [0.2, 0.25) is 5.95 Å². The minimum absolute atomic E-state index is 0.230. The van der Waals surface area contributed by atoms with Gasteiger partial charge in [0.25, 0.3) is 0 Å². The third-order valence-electron chi connectivity index (χ3n) is 4.16. The van der Waals surface area contributed by atoms with Gasteiger partial charge in [0.15, 0.2) is 5.69 Å². The maximum atomic E-state index is 9.72. The molecule has 1 unspecified atom stereocenters. The van der Waals surface area contributed by atoms with E-state index in [0.29, 0.717) is 54.5 Å². The number of rotatable bonds is 6. The Kier molecular flexibility index (Phi) is 5.80. The highest BCUT2D eigenvalue weighted by molar-refractivity contribution is 6.30. The molecule has 1 atom stereocenters. The second-order valence-corrected chi connectivity index (χ2v) is 6.08. The van der Waals surface area contributed by atoms with Gasteiger partial charge in [-0.25, -0.2) is 19.9 Å². The second kappa shape index (κ2) is 8.44. The second-order valence-electron chi connectivity index (χ2n) is 6.08. The Hall–Kier alpha value is -3.22. The zero-order chi connectivity index (χ0) is 19.2. The van der Waals surface area contributed by atoms with Crippen LogP contribution in [-0.2, 0) is 0 Å². The maximum Gasteiger partial charge on any atom is 0.250 e. The Balaban J connectivity index is 1.92. The van der Waals surface area contributed by atoms with Crippen molar-refractivity contribution in [2.45, 2.75) is 12.5 Å². The van der Waals surface area contributed by atoms with Crippen molar-refractivity contribution < 1.29 is 5.11 Å². The normalized spacial score (nSPS) is 17.0. The minimum Gasteiger partial charge on any atom is -0.391 e. The van der Waals surface area contributed by atoms with Crippen molar-refractivity contribution >= 4 is 23.6 Å². The number of nitriles is 1. The lowest BCUT2D eigenvalue weighted by Gasteiger charge is -2.18. The van der Waals surface area contributed by atoms with Crippen LogP contribution in [0.4, 0.5) is 11.6 Å². The Morgan fingerprint density at radius 2 is 2.26 bits per heavy atom. The van der Waals surface area contributed by atoms with Crippen molar-refractivity contribution in [2.75, 3.05) is 31.6 Å². The van der Waals surface area contributed by atoms with E-state index in [1.54, 1.807) is 25.4 Å². The van der Waals surface area contributed by atoms with Gasteiger partial charge in [-0.15, -0.1) is 0 Å². The summed E-state index contributed by atoms with van der Waals surface area (Å²) in [6.07, 6.45) is 3.03. The lowest BCUT2D eigenvalue weighted by Crippen LogP contribution is -2.22. The number of hydrogen-bond donors (Lipinski definition) is 3. The Morgan fingerprint density at radius 3 is 2.93 bits per heavy atom. The molecule has 0 saturated carbocycles. The molecule has 2 aromatic rings. The zero-order valence-corrected chi connectivity index (χ0v) is 14.9. The van der Waals surface area contributed by atoms with E-state index < -0.39 is 0 Å². The standard InChI is InChI=1S/C18H20N8O/c1-21-10-12(8-19)23-18-22-6-4-15(25-18)14-2-3-17(16(9-20)24-14)26-7-5-13(27)11-26/h2-4,6,8,13,19,21,27H,5,7,10-11H2,1H3. The summed E-state index contributed by atoms with van der Waals surface area (Å²) in [5, 5.41) is 29.5. The predicted octanol–water partition coefficient (Wildman–Crippen LogP) is 0.923. The molecule has 0 aliphatic carbocycles. The first-order valence-electron chi connectivity index (χ1n) is 8.54. The van der Waals surface area contributed by atoms with Crippen LogP contribution in [-0.4, -0.2) is 64.8 Å². The van der Waals surface area contributed by atoms with Crippen LogP contribution >= 0.6 is 0 Å². The average Bonchev–Trinajstić information content (AvgIpc) is 3.13. The van der Waals surface area contributed by atoms with Crippen LogP contribution in [0.2, 0.25) is 0 Å². The average molecular weight is 364 g/mol. The van der Waals surface area contributed by atoms with Crippen molar-refractivity contribution in [3.63, 3.8) is 0 Å². The molecule has 2 aromatic heterocycles. The molecule has 1 aliphatic rings. The van der Waals surface area contributed by atoms with Crippen LogP contribution in [0.15, 0.2) is 29.4 Å². The summed E-state index contributed by atoms with van der Waals surface area (Å²) in [4.78, 5) is 19.1. The molecule has 0 amide bonds. The Labute approximate surface area is 157 Å². The summed E-state index contributed by atoms with van der Waals surface area (Å²) in [7, 11) is 1.77. The van der Waals surface area contributed by atoms with E-state index in [0.717, 1.165) is 6.21 Å². The van der Waals surface area contributed by atoms with E-state index in [1.165, 1.54) is 0 Å². The lowest BCUT2D eigenvalue weighted by atomic mass is 10.2. The van der Waals surface area contributed by atoms with Gasteiger partial charge in [-0.2, -0.15) is 5.26 Å². The molecule has 1 fully saturated rings. The fourth-order valence-corrected chi connectivity index (χ4v) is 2.87.